The molecular formula is C15H21FN2O2. The summed E-state index contributed by atoms with van der Waals surface area (Å²) in [5.41, 5.74) is 0.441. The first-order valence-electron chi connectivity index (χ1n) is 6.63. The number of benzene rings is 1. The largest absolute Gasteiger partial charge is 0.347 e. The molecule has 0 aliphatic heterocycles. The summed E-state index contributed by atoms with van der Waals surface area (Å²) in [6.45, 7) is 3.91. The molecule has 1 aromatic rings. The average Bonchev–Trinajstić information content (AvgIpc) is 2.40. The molecule has 0 fully saturated rings. The van der Waals surface area contributed by atoms with Crippen molar-refractivity contribution in [3.63, 3.8) is 0 Å². The van der Waals surface area contributed by atoms with Crippen molar-refractivity contribution >= 4 is 11.8 Å². The van der Waals surface area contributed by atoms with E-state index < -0.39 is 11.7 Å². The molecule has 2 amide bonds. The van der Waals surface area contributed by atoms with Crippen LogP contribution in [0.3, 0.4) is 0 Å². The van der Waals surface area contributed by atoms with E-state index in [-0.39, 0.29) is 18.0 Å². The Morgan fingerprint density at radius 3 is 2.45 bits per heavy atom. The monoisotopic (exact) mass is 280 g/mol. The van der Waals surface area contributed by atoms with Gasteiger partial charge in [0.2, 0.25) is 5.91 Å². The van der Waals surface area contributed by atoms with Crippen LogP contribution in [0.1, 0.15) is 29.3 Å². The van der Waals surface area contributed by atoms with Gasteiger partial charge in [0.1, 0.15) is 12.4 Å². The summed E-state index contributed by atoms with van der Waals surface area (Å²) in [4.78, 5) is 26.9. The van der Waals surface area contributed by atoms with E-state index in [0.717, 1.165) is 0 Å². The molecule has 0 atom stereocenters. The smallest absolute Gasteiger partial charge is 0.257 e. The fourth-order valence-electron chi connectivity index (χ4n) is 1.81. The first-order valence-corrected chi connectivity index (χ1v) is 6.63. The summed E-state index contributed by atoms with van der Waals surface area (Å²) >= 11 is 0. The quantitative estimate of drug-likeness (QED) is 0.828. The minimum Gasteiger partial charge on any atom is -0.347 e. The number of rotatable bonds is 5. The number of likely N-dealkylation sites (N-methyl/N-ethyl adjacent to an activating group) is 1. The van der Waals surface area contributed by atoms with Crippen LogP contribution in [0.2, 0.25) is 0 Å². The number of carbonyl (C=O) groups excluding carboxylic acids is 2. The van der Waals surface area contributed by atoms with Crippen LogP contribution < -0.4 is 0 Å². The number of aryl methyl sites for hydroxylation is 1. The zero-order valence-corrected chi connectivity index (χ0v) is 12.4. The Balaban J connectivity index is 2.99. The first-order chi connectivity index (χ1) is 9.38. The summed E-state index contributed by atoms with van der Waals surface area (Å²) in [5, 5.41) is 0. The van der Waals surface area contributed by atoms with E-state index in [4.69, 9.17) is 0 Å². The van der Waals surface area contributed by atoms with Gasteiger partial charge in [-0.25, -0.2) is 4.39 Å². The third-order valence-corrected chi connectivity index (χ3v) is 3.03. The van der Waals surface area contributed by atoms with E-state index in [2.05, 4.69) is 0 Å². The van der Waals surface area contributed by atoms with Gasteiger partial charge in [-0.1, -0.05) is 19.1 Å². The number of carbonyl (C=O) groups is 2. The van der Waals surface area contributed by atoms with Crippen molar-refractivity contribution in [1.82, 2.24) is 9.80 Å². The highest BCUT2D eigenvalue weighted by Gasteiger charge is 2.22. The maximum atomic E-state index is 14.0. The Kier molecular flexibility index (Phi) is 5.67. The highest BCUT2D eigenvalue weighted by Crippen LogP contribution is 2.14. The van der Waals surface area contributed by atoms with Crippen molar-refractivity contribution in [1.29, 1.82) is 0 Å². The molecule has 1 rings (SSSR count). The number of hydrogen-bond acceptors (Lipinski definition) is 2. The predicted molar refractivity (Wildman–Crippen MR) is 76.0 cm³/mol. The highest BCUT2D eigenvalue weighted by molar-refractivity contribution is 5.96. The SMILES string of the molecule is CCCN(CC(=O)N(C)C)C(=O)c1cccc(C)c1F. The normalized spacial score (nSPS) is 10.2. The first kappa shape index (κ1) is 16.1. The molecule has 0 bridgehead atoms. The molecule has 0 aliphatic carbocycles. The van der Waals surface area contributed by atoms with Crippen molar-refractivity contribution in [3.05, 3.63) is 35.1 Å². The number of amides is 2. The van der Waals surface area contributed by atoms with E-state index in [0.29, 0.717) is 18.5 Å². The van der Waals surface area contributed by atoms with Crippen molar-refractivity contribution in [3.8, 4) is 0 Å². The van der Waals surface area contributed by atoms with Crippen LogP contribution in [0.15, 0.2) is 18.2 Å². The van der Waals surface area contributed by atoms with Crippen LogP contribution in [0.5, 0.6) is 0 Å². The molecule has 0 saturated heterocycles. The fourth-order valence-corrected chi connectivity index (χ4v) is 1.81. The summed E-state index contributed by atoms with van der Waals surface area (Å²) in [7, 11) is 3.26. The molecule has 110 valence electrons. The molecule has 0 aromatic heterocycles. The standard InChI is InChI=1S/C15H21FN2O2/c1-5-9-18(10-13(19)17(3)4)15(20)12-8-6-7-11(2)14(12)16/h6-8H,5,9-10H2,1-4H3. The molecule has 0 saturated carbocycles. The molecule has 0 radical (unpaired) electrons. The second-order valence-electron chi connectivity index (χ2n) is 4.95. The van der Waals surface area contributed by atoms with Crippen LogP contribution in [0, 0.1) is 12.7 Å². The maximum Gasteiger partial charge on any atom is 0.257 e. The van der Waals surface area contributed by atoms with Crippen LogP contribution in [0.4, 0.5) is 4.39 Å². The molecule has 0 heterocycles. The van der Waals surface area contributed by atoms with Crippen LogP contribution in [-0.4, -0.2) is 48.8 Å². The van der Waals surface area contributed by atoms with E-state index >= 15 is 0 Å². The number of nitrogens with zero attached hydrogens (tertiary/aromatic N) is 2. The molecule has 0 N–H and O–H groups in total. The second kappa shape index (κ2) is 7.03. The van der Waals surface area contributed by atoms with Gasteiger partial charge in [0.15, 0.2) is 0 Å². The molecule has 5 heteroatoms. The molecule has 0 aliphatic rings. The third kappa shape index (κ3) is 3.79. The fraction of sp³-hybridized carbons (Fsp3) is 0.467. The number of hydrogen-bond donors (Lipinski definition) is 0. The van der Waals surface area contributed by atoms with Gasteiger partial charge in [-0.15, -0.1) is 0 Å². The van der Waals surface area contributed by atoms with Crippen LogP contribution in [-0.2, 0) is 4.79 Å². The van der Waals surface area contributed by atoms with Crippen molar-refractivity contribution in [2.45, 2.75) is 20.3 Å². The Morgan fingerprint density at radius 2 is 1.90 bits per heavy atom. The third-order valence-electron chi connectivity index (χ3n) is 3.03. The molecule has 20 heavy (non-hydrogen) atoms. The molecule has 4 nitrogen and oxygen atoms in total. The minimum atomic E-state index is -0.518. The maximum absolute atomic E-state index is 14.0. The lowest BCUT2D eigenvalue weighted by Crippen LogP contribution is -2.41. The summed E-state index contributed by atoms with van der Waals surface area (Å²) in [6.07, 6.45) is 0.708. The average molecular weight is 280 g/mol. The van der Waals surface area contributed by atoms with E-state index in [1.807, 2.05) is 6.92 Å². The van der Waals surface area contributed by atoms with Gasteiger partial charge in [-0.2, -0.15) is 0 Å². The Labute approximate surface area is 119 Å². The van der Waals surface area contributed by atoms with Crippen molar-refractivity contribution < 1.29 is 14.0 Å². The Bertz CT molecular complexity index is 501. The summed E-state index contributed by atoms with van der Waals surface area (Å²) in [6, 6.07) is 4.71. The summed E-state index contributed by atoms with van der Waals surface area (Å²) < 4.78 is 14.0. The lowest BCUT2D eigenvalue weighted by atomic mass is 10.1. The van der Waals surface area contributed by atoms with Crippen LogP contribution >= 0.6 is 0 Å². The Morgan fingerprint density at radius 1 is 1.25 bits per heavy atom. The zero-order chi connectivity index (χ0) is 15.3. The molecular weight excluding hydrogens is 259 g/mol. The van der Waals surface area contributed by atoms with Gasteiger partial charge in [-0.05, 0) is 25.0 Å². The zero-order valence-electron chi connectivity index (χ0n) is 12.4. The van der Waals surface area contributed by atoms with Gasteiger partial charge in [0, 0.05) is 20.6 Å². The molecule has 1 aromatic carbocycles. The highest BCUT2D eigenvalue weighted by atomic mass is 19.1. The van der Waals surface area contributed by atoms with Crippen molar-refractivity contribution in [2.75, 3.05) is 27.2 Å². The van der Waals surface area contributed by atoms with Gasteiger partial charge in [0.25, 0.3) is 5.91 Å². The van der Waals surface area contributed by atoms with E-state index in [9.17, 15) is 14.0 Å². The lowest BCUT2D eigenvalue weighted by Gasteiger charge is -2.23. The molecule has 0 spiro atoms. The topological polar surface area (TPSA) is 40.6 Å². The minimum absolute atomic E-state index is 0.0185. The van der Waals surface area contributed by atoms with Gasteiger partial charge in [-0.3, -0.25) is 9.59 Å². The van der Waals surface area contributed by atoms with Gasteiger partial charge in [0.05, 0.1) is 5.56 Å². The lowest BCUT2D eigenvalue weighted by molar-refractivity contribution is -0.129. The molecule has 0 unspecified atom stereocenters. The Hall–Kier alpha value is -1.91. The van der Waals surface area contributed by atoms with Crippen molar-refractivity contribution in [2.24, 2.45) is 0 Å². The van der Waals surface area contributed by atoms with Crippen LogP contribution in [0.25, 0.3) is 0 Å². The van der Waals surface area contributed by atoms with E-state index in [1.54, 1.807) is 33.2 Å². The van der Waals surface area contributed by atoms with E-state index in [1.165, 1.54) is 15.9 Å². The van der Waals surface area contributed by atoms with Gasteiger partial charge < -0.3 is 9.80 Å². The predicted octanol–water partition coefficient (Wildman–Crippen LogP) is 2.07. The number of halogens is 1. The summed E-state index contributed by atoms with van der Waals surface area (Å²) in [5.74, 6) is -1.14. The second-order valence-corrected chi connectivity index (χ2v) is 4.95. The van der Waals surface area contributed by atoms with Gasteiger partial charge >= 0.3 is 0 Å².